The van der Waals surface area contributed by atoms with Gasteiger partial charge in [-0.15, -0.1) is 0 Å². The molecule has 0 radical (unpaired) electrons. The average Bonchev–Trinajstić information content (AvgIpc) is 2.97. The summed E-state index contributed by atoms with van der Waals surface area (Å²) in [5.41, 5.74) is 1.28. The maximum absolute atomic E-state index is 12.6. The van der Waals surface area contributed by atoms with Crippen LogP contribution in [-0.4, -0.2) is 44.3 Å². The number of benzene rings is 1. The average molecular weight is 380 g/mol. The Kier molecular flexibility index (Phi) is 5.54. The van der Waals surface area contributed by atoms with Crippen LogP contribution in [0.25, 0.3) is 5.69 Å². The number of hydrogen-bond donors (Lipinski definition) is 1. The van der Waals surface area contributed by atoms with E-state index in [9.17, 15) is 9.59 Å². The van der Waals surface area contributed by atoms with E-state index in [2.05, 4.69) is 21.0 Å². The highest BCUT2D eigenvalue weighted by Crippen LogP contribution is 2.15. The number of aromatic nitrogens is 2. The molecule has 7 heteroatoms. The molecular formula is C16H18BrN3O3. The molecule has 23 heavy (non-hydrogen) atoms. The van der Waals surface area contributed by atoms with Crippen molar-refractivity contribution in [3.05, 3.63) is 46.7 Å². The molecule has 0 aliphatic heterocycles. The molecule has 122 valence electrons. The predicted molar refractivity (Wildman–Crippen MR) is 89.7 cm³/mol. The van der Waals surface area contributed by atoms with Gasteiger partial charge in [0.1, 0.15) is 0 Å². The Morgan fingerprint density at radius 1 is 1.30 bits per heavy atom. The van der Waals surface area contributed by atoms with Gasteiger partial charge in [-0.05, 0) is 38.1 Å². The number of halogens is 1. The molecule has 0 atom stereocenters. The third-order valence-corrected chi connectivity index (χ3v) is 3.90. The molecular weight excluding hydrogens is 362 g/mol. The van der Waals surface area contributed by atoms with Crippen molar-refractivity contribution in [3.63, 3.8) is 0 Å². The van der Waals surface area contributed by atoms with Crippen LogP contribution >= 0.6 is 15.9 Å². The molecule has 0 bridgehead atoms. The van der Waals surface area contributed by atoms with Gasteiger partial charge >= 0.3 is 5.97 Å². The Morgan fingerprint density at radius 2 is 1.96 bits per heavy atom. The van der Waals surface area contributed by atoms with Crippen LogP contribution in [-0.2, 0) is 4.79 Å². The number of carbonyl (C=O) groups excluding carboxylic acids is 1. The number of aliphatic carboxylic acids is 1. The summed E-state index contributed by atoms with van der Waals surface area (Å²) in [6.45, 7) is 3.90. The molecule has 2 aromatic rings. The molecule has 1 aromatic heterocycles. The van der Waals surface area contributed by atoms with E-state index in [1.807, 2.05) is 38.1 Å². The smallest absolute Gasteiger partial charge is 0.305 e. The molecule has 2 rings (SSSR count). The van der Waals surface area contributed by atoms with Crippen LogP contribution in [0.3, 0.4) is 0 Å². The van der Waals surface area contributed by atoms with Gasteiger partial charge in [0, 0.05) is 23.3 Å². The predicted octanol–water partition coefficient (Wildman–Crippen LogP) is 2.96. The van der Waals surface area contributed by atoms with E-state index in [4.69, 9.17) is 5.11 Å². The molecule has 6 nitrogen and oxygen atoms in total. The molecule has 0 saturated heterocycles. The van der Waals surface area contributed by atoms with Crippen molar-refractivity contribution in [2.24, 2.45) is 0 Å². The summed E-state index contributed by atoms with van der Waals surface area (Å²) in [4.78, 5) is 24.9. The minimum Gasteiger partial charge on any atom is -0.481 e. The lowest BCUT2D eigenvalue weighted by molar-refractivity contribution is -0.137. The summed E-state index contributed by atoms with van der Waals surface area (Å²) in [6, 6.07) is 7.47. The summed E-state index contributed by atoms with van der Waals surface area (Å²) in [5, 5.41) is 13.0. The first-order chi connectivity index (χ1) is 10.9. The van der Waals surface area contributed by atoms with Crippen molar-refractivity contribution in [2.75, 3.05) is 6.54 Å². The van der Waals surface area contributed by atoms with Gasteiger partial charge in [-0.3, -0.25) is 9.59 Å². The van der Waals surface area contributed by atoms with E-state index in [0.717, 1.165) is 10.2 Å². The SMILES string of the molecule is CC(C)N(CCC(=O)O)C(=O)c1cnn(-c2ccc(Br)cc2)c1. The molecule has 1 aromatic carbocycles. The Morgan fingerprint density at radius 3 is 2.52 bits per heavy atom. The summed E-state index contributed by atoms with van der Waals surface area (Å²) in [7, 11) is 0. The summed E-state index contributed by atoms with van der Waals surface area (Å²) in [6.07, 6.45) is 3.08. The molecule has 0 aliphatic carbocycles. The van der Waals surface area contributed by atoms with Crippen molar-refractivity contribution >= 4 is 27.8 Å². The monoisotopic (exact) mass is 379 g/mol. The van der Waals surface area contributed by atoms with Crippen LogP contribution in [0.1, 0.15) is 30.6 Å². The highest BCUT2D eigenvalue weighted by molar-refractivity contribution is 9.10. The summed E-state index contributed by atoms with van der Waals surface area (Å²) >= 11 is 3.37. The molecule has 0 fully saturated rings. The Bertz CT molecular complexity index is 695. The number of carboxylic acid groups (broad SMARTS) is 1. The van der Waals surface area contributed by atoms with Crippen molar-refractivity contribution in [2.45, 2.75) is 26.3 Å². The molecule has 0 saturated carbocycles. The summed E-state index contributed by atoms with van der Waals surface area (Å²) < 4.78 is 2.58. The van der Waals surface area contributed by atoms with Gasteiger partial charge < -0.3 is 10.0 Å². The number of hydrogen-bond acceptors (Lipinski definition) is 3. The van der Waals surface area contributed by atoms with Gasteiger partial charge in [-0.2, -0.15) is 5.10 Å². The highest BCUT2D eigenvalue weighted by atomic mass is 79.9. The van der Waals surface area contributed by atoms with Crippen molar-refractivity contribution < 1.29 is 14.7 Å². The second-order valence-electron chi connectivity index (χ2n) is 5.39. The standard InChI is InChI=1S/C16H18BrN3O3/c1-11(2)19(8-7-15(21)22)16(23)12-9-18-20(10-12)14-5-3-13(17)4-6-14/h3-6,9-11H,7-8H2,1-2H3,(H,21,22). The van der Waals surface area contributed by atoms with E-state index < -0.39 is 5.97 Å². The Balaban J connectivity index is 2.18. The van der Waals surface area contributed by atoms with Crippen molar-refractivity contribution in [1.29, 1.82) is 0 Å². The van der Waals surface area contributed by atoms with Gasteiger partial charge in [0.15, 0.2) is 0 Å². The third kappa shape index (κ3) is 4.41. The second kappa shape index (κ2) is 7.41. The normalized spacial score (nSPS) is 10.8. The fourth-order valence-corrected chi connectivity index (χ4v) is 2.41. The van der Waals surface area contributed by atoms with Gasteiger partial charge in [0.2, 0.25) is 0 Å². The van der Waals surface area contributed by atoms with E-state index in [0.29, 0.717) is 5.56 Å². The van der Waals surface area contributed by atoms with Gasteiger partial charge in [-0.1, -0.05) is 15.9 Å². The van der Waals surface area contributed by atoms with E-state index in [1.54, 1.807) is 10.9 Å². The van der Waals surface area contributed by atoms with Crippen LogP contribution in [0.15, 0.2) is 41.1 Å². The Hall–Kier alpha value is -2.15. The van der Waals surface area contributed by atoms with E-state index in [-0.39, 0.29) is 24.9 Å². The molecule has 0 unspecified atom stereocenters. The zero-order valence-corrected chi connectivity index (χ0v) is 14.5. The minimum absolute atomic E-state index is 0.0786. The van der Waals surface area contributed by atoms with E-state index in [1.165, 1.54) is 11.1 Å². The fourth-order valence-electron chi connectivity index (χ4n) is 2.14. The zero-order valence-electron chi connectivity index (χ0n) is 12.9. The number of nitrogens with zero attached hydrogens (tertiary/aromatic N) is 3. The lowest BCUT2D eigenvalue weighted by Gasteiger charge is -2.25. The number of carbonyl (C=O) groups is 2. The maximum atomic E-state index is 12.6. The van der Waals surface area contributed by atoms with Crippen LogP contribution in [0.4, 0.5) is 0 Å². The molecule has 1 N–H and O–H groups in total. The van der Waals surface area contributed by atoms with Crippen LogP contribution in [0.5, 0.6) is 0 Å². The van der Waals surface area contributed by atoms with Crippen molar-refractivity contribution in [3.8, 4) is 5.69 Å². The topological polar surface area (TPSA) is 75.4 Å². The first-order valence-electron chi connectivity index (χ1n) is 7.22. The maximum Gasteiger partial charge on any atom is 0.305 e. The van der Waals surface area contributed by atoms with Gasteiger partial charge in [0.25, 0.3) is 5.91 Å². The number of carboxylic acids is 1. The number of amides is 1. The van der Waals surface area contributed by atoms with Crippen molar-refractivity contribution in [1.82, 2.24) is 14.7 Å². The zero-order chi connectivity index (χ0) is 17.0. The van der Waals surface area contributed by atoms with Crippen LogP contribution in [0, 0.1) is 0 Å². The third-order valence-electron chi connectivity index (χ3n) is 3.37. The van der Waals surface area contributed by atoms with Gasteiger partial charge in [0.05, 0.1) is 23.9 Å². The minimum atomic E-state index is -0.922. The van der Waals surface area contributed by atoms with Crippen LogP contribution < -0.4 is 0 Å². The number of rotatable bonds is 6. The quantitative estimate of drug-likeness (QED) is 0.836. The first kappa shape index (κ1) is 17.2. The lowest BCUT2D eigenvalue weighted by Crippen LogP contribution is -2.38. The highest BCUT2D eigenvalue weighted by Gasteiger charge is 2.21. The molecule has 0 aliphatic rings. The molecule has 0 spiro atoms. The summed E-state index contributed by atoms with van der Waals surface area (Å²) in [5.74, 6) is -1.14. The van der Waals surface area contributed by atoms with E-state index >= 15 is 0 Å². The Labute approximate surface area is 142 Å². The largest absolute Gasteiger partial charge is 0.481 e. The first-order valence-corrected chi connectivity index (χ1v) is 8.01. The lowest BCUT2D eigenvalue weighted by atomic mass is 10.2. The second-order valence-corrected chi connectivity index (χ2v) is 6.30. The van der Waals surface area contributed by atoms with Gasteiger partial charge in [-0.25, -0.2) is 4.68 Å². The molecule has 1 amide bonds. The van der Waals surface area contributed by atoms with Crippen LogP contribution in [0.2, 0.25) is 0 Å². The molecule has 1 heterocycles. The fraction of sp³-hybridized carbons (Fsp3) is 0.312.